The fourth-order valence-electron chi connectivity index (χ4n) is 1.31. The Morgan fingerprint density at radius 1 is 1.17 bits per heavy atom. The van der Waals surface area contributed by atoms with Gasteiger partial charge in [0.2, 0.25) is 0 Å². The maximum atomic E-state index is 11.7. The van der Waals surface area contributed by atoms with E-state index in [-0.39, 0.29) is 13.2 Å². The first-order chi connectivity index (χ1) is 8.63. The molecule has 0 aromatic heterocycles. The second kappa shape index (κ2) is 7.27. The predicted molar refractivity (Wildman–Crippen MR) is 67.7 cm³/mol. The molecule has 0 amide bonds. The van der Waals surface area contributed by atoms with E-state index in [1.54, 1.807) is 13.0 Å². The summed E-state index contributed by atoms with van der Waals surface area (Å²) in [6, 6.07) is 9.31. The van der Waals surface area contributed by atoms with Crippen LogP contribution in [0.25, 0.3) is 6.08 Å². The van der Waals surface area contributed by atoms with E-state index >= 15 is 0 Å². The molecular formula is C14H16O4. The molecule has 0 saturated heterocycles. The molecule has 0 N–H and O–H groups in total. The zero-order chi connectivity index (χ0) is 13.4. The summed E-state index contributed by atoms with van der Waals surface area (Å²) >= 11 is 0. The number of rotatable bonds is 5. The third-order valence-electron chi connectivity index (χ3n) is 2.11. The molecule has 0 bridgehead atoms. The third kappa shape index (κ3) is 4.82. The van der Waals surface area contributed by atoms with Crippen molar-refractivity contribution in [3.63, 3.8) is 0 Å². The molecule has 0 radical (unpaired) electrons. The van der Waals surface area contributed by atoms with Gasteiger partial charge in [-0.05, 0) is 18.6 Å². The molecule has 0 unspecified atom stereocenters. The minimum Gasteiger partial charge on any atom is -0.463 e. The van der Waals surface area contributed by atoms with Crippen molar-refractivity contribution >= 4 is 18.0 Å². The van der Waals surface area contributed by atoms with E-state index in [0.717, 1.165) is 5.56 Å². The van der Waals surface area contributed by atoms with Gasteiger partial charge in [0.25, 0.3) is 0 Å². The minimum absolute atomic E-state index is 0.0803. The molecule has 0 aliphatic carbocycles. The summed E-state index contributed by atoms with van der Waals surface area (Å²) in [5, 5.41) is 0. The Balaban J connectivity index is 2.85. The van der Waals surface area contributed by atoms with Gasteiger partial charge in [0.1, 0.15) is 6.61 Å². The van der Waals surface area contributed by atoms with Crippen molar-refractivity contribution in [1.82, 2.24) is 0 Å². The zero-order valence-corrected chi connectivity index (χ0v) is 10.5. The normalized spacial score (nSPS) is 10.9. The van der Waals surface area contributed by atoms with Gasteiger partial charge >= 0.3 is 11.9 Å². The van der Waals surface area contributed by atoms with Crippen molar-refractivity contribution in [3.8, 4) is 0 Å². The van der Waals surface area contributed by atoms with Gasteiger partial charge < -0.3 is 9.47 Å². The van der Waals surface area contributed by atoms with Gasteiger partial charge in [0.05, 0.1) is 12.2 Å². The van der Waals surface area contributed by atoms with Crippen LogP contribution in [0.4, 0.5) is 0 Å². The Morgan fingerprint density at radius 3 is 2.39 bits per heavy atom. The smallest absolute Gasteiger partial charge is 0.337 e. The second-order valence-corrected chi connectivity index (χ2v) is 3.58. The Labute approximate surface area is 106 Å². The lowest BCUT2D eigenvalue weighted by Crippen LogP contribution is -2.14. The van der Waals surface area contributed by atoms with Crippen LogP contribution >= 0.6 is 0 Å². The summed E-state index contributed by atoms with van der Waals surface area (Å²) in [6.07, 6.45) is 1.65. The number of carbonyl (C=O) groups excluding carboxylic acids is 2. The molecule has 96 valence electrons. The molecule has 0 atom stereocenters. The van der Waals surface area contributed by atoms with Crippen LogP contribution in [-0.2, 0) is 19.1 Å². The highest BCUT2D eigenvalue weighted by atomic mass is 16.5. The van der Waals surface area contributed by atoms with E-state index in [0.29, 0.717) is 5.57 Å². The Bertz CT molecular complexity index is 434. The van der Waals surface area contributed by atoms with Gasteiger partial charge in [-0.15, -0.1) is 0 Å². The van der Waals surface area contributed by atoms with Crippen LogP contribution in [0, 0.1) is 0 Å². The maximum absolute atomic E-state index is 11.7. The van der Waals surface area contributed by atoms with Gasteiger partial charge in [-0.1, -0.05) is 30.3 Å². The van der Waals surface area contributed by atoms with Crippen LogP contribution in [0.5, 0.6) is 0 Å². The summed E-state index contributed by atoms with van der Waals surface area (Å²) in [5.74, 6) is -0.902. The molecule has 0 saturated carbocycles. The van der Waals surface area contributed by atoms with Crippen molar-refractivity contribution in [2.75, 3.05) is 13.2 Å². The van der Waals surface area contributed by atoms with Crippen molar-refractivity contribution in [2.24, 2.45) is 0 Å². The summed E-state index contributed by atoms with van der Waals surface area (Å²) in [6.45, 7) is 3.23. The monoisotopic (exact) mass is 248 g/mol. The molecule has 0 heterocycles. The molecule has 1 rings (SSSR count). The SMILES string of the molecule is CCOC(=O)/C(=C\c1ccccc1)COC(C)=O. The molecule has 1 aromatic rings. The number of esters is 2. The lowest BCUT2D eigenvalue weighted by atomic mass is 10.1. The standard InChI is InChI=1S/C14H16O4/c1-3-17-14(16)13(10-18-11(2)15)9-12-7-5-4-6-8-12/h4-9H,3,10H2,1-2H3/b13-9-. The van der Waals surface area contributed by atoms with Crippen LogP contribution in [0.2, 0.25) is 0 Å². The fraction of sp³-hybridized carbons (Fsp3) is 0.286. The van der Waals surface area contributed by atoms with Crippen LogP contribution in [0.1, 0.15) is 19.4 Å². The molecule has 4 heteroatoms. The van der Waals surface area contributed by atoms with E-state index in [2.05, 4.69) is 0 Å². The lowest BCUT2D eigenvalue weighted by Gasteiger charge is -2.07. The second-order valence-electron chi connectivity index (χ2n) is 3.58. The average Bonchev–Trinajstić information content (AvgIpc) is 2.35. The van der Waals surface area contributed by atoms with E-state index in [9.17, 15) is 9.59 Å². The Hall–Kier alpha value is -2.10. The van der Waals surface area contributed by atoms with Gasteiger partial charge in [0.15, 0.2) is 0 Å². The highest BCUT2D eigenvalue weighted by Gasteiger charge is 2.12. The summed E-state index contributed by atoms with van der Waals surface area (Å²) in [7, 11) is 0. The van der Waals surface area contributed by atoms with Crippen molar-refractivity contribution in [3.05, 3.63) is 41.5 Å². The molecule has 0 fully saturated rings. The summed E-state index contributed by atoms with van der Waals surface area (Å²) < 4.78 is 9.75. The average molecular weight is 248 g/mol. The largest absolute Gasteiger partial charge is 0.463 e. The fourth-order valence-corrected chi connectivity index (χ4v) is 1.31. The first-order valence-corrected chi connectivity index (χ1v) is 5.69. The Morgan fingerprint density at radius 2 is 1.83 bits per heavy atom. The highest BCUT2D eigenvalue weighted by Crippen LogP contribution is 2.09. The number of carbonyl (C=O) groups is 2. The van der Waals surface area contributed by atoms with Gasteiger partial charge in [-0.25, -0.2) is 4.79 Å². The van der Waals surface area contributed by atoms with Crippen molar-refractivity contribution in [2.45, 2.75) is 13.8 Å². The quantitative estimate of drug-likeness (QED) is 0.592. The number of hydrogen-bond donors (Lipinski definition) is 0. The number of benzene rings is 1. The van der Waals surface area contributed by atoms with Gasteiger partial charge in [0, 0.05) is 6.92 Å². The van der Waals surface area contributed by atoms with Crippen LogP contribution in [-0.4, -0.2) is 25.2 Å². The van der Waals surface area contributed by atoms with Gasteiger partial charge in [-0.3, -0.25) is 4.79 Å². The van der Waals surface area contributed by atoms with Crippen LogP contribution in [0.15, 0.2) is 35.9 Å². The van der Waals surface area contributed by atoms with Crippen molar-refractivity contribution in [1.29, 1.82) is 0 Å². The van der Waals surface area contributed by atoms with Crippen molar-refractivity contribution < 1.29 is 19.1 Å². The maximum Gasteiger partial charge on any atom is 0.337 e. The molecule has 0 aliphatic rings. The third-order valence-corrected chi connectivity index (χ3v) is 2.11. The topological polar surface area (TPSA) is 52.6 Å². The Kier molecular flexibility index (Phi) is 5.64. The summed E-state index contributed by atoms with van der Waals surface area (Å²) in [4.78, 5) is 22.5. The van der Waals surface area contributed by atoms with Crippen LogP contribution in [0.3, 0.4) is 0 Å². The number of ether oxygens (including phenoxy) is 2. The minimum atomic E-state index is -0.470. The summed E-state index contributed by atoms with van der Waals surface area (Å²) in [5.41, 5.74) is 1.17. The molecule has 0 aliphatic heterocycles. The van der Waals surface area contributed by atoms with Crippen LogP contribution < -0.4 is 0 Å². The first-order valence-electron chi connectivity index (χ1n) is 5.69. The molecule has 18 heavy (non-hydrogen) atoms. The van der Waals surface area contributed by atoms with E-state index in [1.165, 1.54) is 6.92 Å². The van der Waals surface area contributed by atoms with E-state index < -0.39 is 11.9 Å². The highest BCUT2D eigenvalue weighted by molar-refractivity contribution is 5.94. The van der Waals surface area contributed by atoms with E-state index in [1.807, 2.05) is 30.3 Å². The molecule has 1 aromatic carbocycles. The molecule has 0 spiro atoms. The molecular weight excluding hydrogens is 232 g/mol. The molecule has 4 nitrogen and oxygen atoms in total. The zero-order valence-electron chi connectivity index (χ0n) is 10.5. The first kappa shape index (κ1) is 14.0. The predicted octanol–water partition coefficient (Wildman–Crippen LogP) is 2.20. The lowest BCUT2D eigenvalue weighted by molar-refractivity contribution is -0.142. The number of hydrogen-bond acceptors (Lipinski definition) is 4. The van der Waals surface area contributed by atoms with Gasteiger partial charge in [-0.2, -0.15) is 0 Å². The van der Waals surface area contributed by atoms with E-state index in [4.69, 9.17) is 9.47 Å².